The first-order valence-electron chi connectivity index (χ1n) is 7.12. The minimum Gasteiger partial charge on any atom is -0.390 e. The predicted molar refractivity (Wildman–Crippen MR) is 72.0 cm³/mol. The SMILES string of the molecule is C=C(CC[C@H](C)CCCC)[C@@H]1OCCC[C@H]1O. The molecule has 1 N–H and O–H groups in total. The van der Waals surface area contributed by atoms with E-state index in [9.17, 15) is 5.11 Å². The fourth-order valence-corrected chi connectivity index (χ4v) is 2.43. The highest BCUT2D eigenvalue weighted by Crippen LogP contribution is 2.25. The van der Waals surface area contributed by atoms with Gasteiger partial charge >= 0.3 is 0 Å². The normalized spacial score (nSPS) is 26.8. The molecule has 2 heteroatoms. The Morgan fingerprint density at radius 1 is 1.47 bits per heavy atom. The molecule has 0 saturated carbocycles. The van der Waals surface area contributed by atoms with Crippen molar-refractivity contribution in [3.8, 4) is 0 Å². The molecule has 0 aromatic rings. The topological polar surface area (TPSA) is 29.5 Å². The fourth-order valence-electron chi connectivity index (χ4n) is 2.43. The first kappa shape index (κ1) is 14.7. The van der Waals surface area contributed by atoms with Crippen molar-refractivity contribution in [1.82, 2.24) is 0 Å². The smallest absolute Gasteiger partial charge is 0.104 e. The van der Waals surface area contributed by atoms with Crippen molar-refractivity contribution >= 4 is 0 Å². The predicted octanol–water partition coefficient (Wildman–Crippen LogP) is 3.69. The van der Waals surface area contributed by atoms with E-state index in [1.807, 2.05) is 0 Å². The Morgan fingerprint density at radius 3 is 2.88 bits per heavy atom. The van der Waals surface area contributed by atoms with Crippen molar-refractivity contribution in [2.75, 3.05) is 6.61 Å². The van der Waals surface area contributed by atoms with Gasteiger partial charge in [0.1, 0.15) is 6.10 Å². The first-order valence-corrected chi connectivity index (χ1v) is 7.12. The van der Waals surface area contributed by atoms with Crippen LogP contribution in [0.2, 0.25) is 0 Å². The number of aliphatic hydroxyl groups is 1. The van der Waals surface area contributed by atoms with E-state index in [1.165, 1.54) is 25.7 Å². The van der Waals surface area contributed by atoms with E-state index in [2.05, 4.69) is 20.4 Å². The maximum Gasteiger partial charge on any atom is 0.104 e. The molecule has 3 atom stereocenters. The summed E-state index contributed by atoms with van der Waals surface area (Å²) in [7, 11) is 0. The van der Waals surface area contributed by atoms with Gasteiger partial charge in [0, 0.05) is 6.61 Å². The van der Waals surface area contributed by atoms with Gasteiger partial charge in [-0.3, -0.25) is 0 Å². The summed E-state index contributed by atoms with van der Waals surface area (Å²) in [5.41, 5.74) is 1.08. The summed E-state index contributed by atoms with van der Waals surface area (Å²) >= 11 is 0. The summed E-state index contributed by atoms with van der Waals surface area (Å²) in [5, 5.41) is 9.86. The lowest BCUT2D eigenvalue weighted by atomic mass is 9.92. The molecule has 0 aromatic carbocycles. The molecule has 1 heterocycles. The third kappa shape index (κ3) is 5.22. The van der Waals surface area contributed by atoms with E-state index in [-0.39, 0.29) is 12.2 Å². The van der Waals surface area contributed by atoms with Crippen molar-refractivity contribution in [3.63, 3.8) is 0 Å². The average Bonchev–Trinajstić information content (AvgIpc) is 2.34. The monoisotopic (exact) mass is 240 g/mol. The van der Waals surface area contributed by atoms with Gasteiger partial charge in [0.2, 0.25) is 0 Å². The van der Waals surface area contributed by atoms with Gasteiger partial charge in [-0.05, 0) is 37.2 Å². The lowest BCUT2D eigenvalue weighted by Gasteiger charge is -2.30. The van der Waals surface area contributed by atoms with Crippen LogP contribution in [0.1, 0.15) is 58.8 Å². The summed E-state index contributed by atoms with van der Waals surface area (Å²) in [4.78, 5) is 0. The summed E-state index contributed by atoms with van der Waals surface area (Å²) < 4.78 is 5.62. The lowest BCUT2D eigenvalue weighted by Crippen LogP contribution is -2.35. The van der Waals surface area contributed by atoms with Gasteiger partial charge in [-0.15, -0.1) is 0 Å². The maximum atomic E-state index is 9.86. The average molecular weight is 240 g/mol. The van der Waals surface area contributed by atoms with Gasteiger partial charge in [-0.25, -0.2) is 0 Å². The van der Waals surface area contributed by atoms with Crippen molar-refractivity contribution < 1.29 is 9.84 Å². The minimum absolute atomic E-state index is 0.109. The molecular weight excluding hydrogens is 212 g/mol. The summed E-state index contributed by atoms with van der Waals surface area (Å²) in [5.74, 6) is 0.757. The second-order valence-corrected chi connectivity index (χ2v) is 5.45. The van der Waals surface area contributed by atoms with E-state index in [0.29, 0.717) is 0 Å². The summed E-state index contributed by atoms with van der Waals surface area (Å²) in [6.07, 6.45) is 7.44. The number of hydrogen-bond acceptors (Lipinski definition) is 2. The Kier molecular flexibility index (Phi) is 6.83. The quantitative estimate of drug-likeness (QED) is 0.688. The molecule has 1 aliphatic rings. The zero-order chi connectivity index (χ0) is 12.7. The zero-order valence-electron chi connectivity index (χ0n) is 11.5. The van der Waals surface area contributed by atoms with Crippen LogP contribution < -0.4 is 0 Å². The molecule has 17 heavy (non-hydrogen) atoms. The second kappa shape index (κ2) is 7.88. The van der Waals surface area contributed by atoms with E-state index < -0.39 is 0 Å². The van der Waals surface area contributed by atoms with Crippen molar-refractivity contribution in [3.05, 3.63) is 12.2 Å². The zero-order valence-corrected chi connectivity index (χ0v) is 11.5. The number of unbranched alkanes of at least 4 members (excludes halogenated alkanes) is 1. The number of hydrogen-bond donors (Lipinski definition) is 1. The third-order valence-corrected chi connectivity index (χ3v) is 3.70. The molecule has 100 valence electrons. The second-order valence-electron chi connectivity index (χ2n) is 5.45. The molecule has 0 aliphatic carbocycles. The summed E-state index contributed by atoms with van der Waals surface area (Å²) in [6, 6.07) is 0. The Labute approximate surface area is 106 Å². The molecule has 1 saturated heterocycles. The third-order valence-electron chi connectivity index (χ3n) is 3.70. The van der Waals surface area contributed by atoms with E-state index in [4.69, 9.17) is 4.74 Å². The van der Waals surface area contributed by atoms with Crippen LogP contribution in [0.25, 0.3) is 0 Å². The van der Waals surface area contributed by atoms with Crippen LogP contribution in [0, 0.1) is 5.92 Å². The molecule has 2 nitrogen and oxygen atoms in total. The van der Waals surface area contributed by atoms with E-state index >= 15 is 0 Å². The minimum atomic E-state index is -0.331. The number of rotatable bonds is 7. The number of ether oxygens (including phenoxy) is 1. The Bertz CT molecular complexity index is 225. The van der Waals surface area contributed by atoms with Crippen LogP contribution >= 0.6 is 0 Å². The van der Waals surface area contributed by atoms with Crippen LogP contribution in [-0.4, -0.2) is 23.9 Å². The van der Waals surface area contributed by atoms with Crippen LogP contribution in [0.15, 0.2) is 12.2 Å². The molecule has 1 rings (SSSR count). The highest BCUT2D eigenvalue weighted by atomic mass is 16.5. The molecule has 1 fully saturated rings. The highest BCUT2D eigenvalue weighted by molar-refractivity contribution is 5.06. The molecule has 0 aromatic heterocycles. The Hall–Kier alpha value is -0.340. The van der Waals surface area contributed by atoms with Gasteiger partial charge in [0.25, 0.3) is 0 Å². The summed E-state index contributed by atoms with van der Waals surface area (Å²) in [6.45, 7) is 9.41. The van der Waals surface area contributed by atoms with Gasteiger partial charge < -0.3 is 9.84 Å². The Morgan fingerprint density at radius 2 is 2.24 bits per heavy atom. The van der Waals surface area contributed by atoms with Gasteiger partial charge in [0.05, 0.1) is 6.10 Å². The molecule has 0 bridgehead atoms. The molecular formula is C15H28O2. The maximum absolute atomic E-state index is 9.86. The number of aliphatic hydroxyl groups excluding tert-OH is 1. The van der Waals surface area contributed by atoms with Gasteiger partial charge in [0.15, 0.2) is 0 Å². The lowest BCUT2D eigenvalue weighted by molar-refractivity contribution is -0.0555. The molecule has 1 aliphatic heterocycles. The molecule has 0 amide bonds. The first-order chi connectivity index (χ1) is 8.15. The molecule has 0 spiro atoms. The van der Waals surface area contributed by atoms with Crippen LogP contribution in [0.3, 0.4) is 0 Å². The van der Waals surface area contributed by atoms with Gasteiger partial charge in [-0.2, -0.15) is 0 Å². The largest absolute Gasteiger partial charge is 0.390 e. The van der Waals surface area contributed by atoms with Crippen molar-refractivity contribution in [2.45, 2.75) is 71.0 Å². The van der Waals surface area contributed by atoms with E-state index in [0.717, 1.165) is 37.4 Å². The van der Waals surface area contributed by atoms with Crippen molar-refractivity contribution in [1.29, 1.82) is 0 Å². The molecule has 0 unspecified atom stereocenters. The fraction of sp³-hybridized carbons (Fsp3) is 0.867. The van der Waals surface area contributed by atoms with Gasteiger partial charge in [-0.1, -0.05) is 39.7 Å². The van der Waals surface area contributed by atoms with E-state index in [1.54, 1.807) is 0 Å². The van der Waals surface area contributed by atoms with Crippen LogP contribution in [0.4, 0.5) is 0 Å². The van der Waals surface area contributed by atoms with Crippen LogP contribution in [0.5, 0.6) is 0 Å². The standard InChI is InChI=1S/C15H28O2/c1-4-5-7-12(2)9-10-13(3)15-14(16)8-6-11-17-15/h12,14-16H,3-11H2,1-2H3/t12-,14-,15+/m1/s1. The molecule has 0 radical (unpaired) electrons. The highest BCUT2D eigenvalue weighted by Gasteiger charge is 2.26. The van der Waals surface area contributed by atoms with Crippen molar-refractivity contribution in [2.24, 2.45) is 5.92 Å². The Balaban J connectivity index is 2.23. The van der Waals surface area contributed by atoms with Crippen LogP contribution in [-0.2, 0) is 4.74 Å².